The van der Waals surface area contributed by atoms with E-state index in [-0.39, 0.29) is 23.5 Å². The van der Waals surface area contributed by atoms with Gasteiger partial charge in [-0.25, -0.2) is 0 Å². The first kappa shape index (κ1) is 24.6. The lowest BCUT2D eigenvalue weighted by atomic mass is 9.65. The van der Waals surface area contributed by atoms with Crippen molar-refractivity contribution in [1.29, 1.82) is 0 Å². The molecule has 2 aliphatic rings. The van der Waals surface area contributed by atoms with Crippen LogP contribution in [0, 0.1) is 17.3 Å². The zero-order valence-electron chi connectivity index (χ0n) is 19.2. The number of esters is 2. The molecule has 2 rings (SSSR count). The summed E-state index contributed by atoms with van der Waals surface area (Å²) in [6, 6.07) is 0. The van der Waals surface area contributed by atoms with E-state index >= 15 is 0 Å². The Bertz CT molecular complexity index is 644. The molecule has 1 fully saturated rings. The second-order valence-corrected chi connectivity index (χ2v) is 9.43. The van der Waals surface area contributed by atoms with Gasteiger partial charge in [-0.05, 0) is 67.8 Å². The number of rotatable bonds is 12. The summed E-state index contributed by atoms with van der Waals surface area (Å²) in [5.74, 6) is 1.24. The Morgan fingerprint density at radius 3 is 2.60 bits per heavy atom. The van der Waals surface area contributed by atoms with E-state index in [4.69, 9.17) is 4.74 Å². The highest BCUT2D eigenvalue weighted by atomic mass is 16.5. The minimum atomic E-state index is -0.259. The number of methoxy groups -OCH3 is 1. The molecule has 5 nitrogen and oxygen atoms in total. The lowest BCUT2D eigenvalue weighted by molar-refractivity contribution is -0.140. The molecule has 170 valence electrons. The largest absolute Gasteiger partial charge is 0.469 e. The number of ether oxygens (including phenoxy) is 2. The molecule has 0 bridgehead atoms. The van der Waals surface area contributed by atoms with Crippen molar-refractivity contribution in [3.05, 3.63) is 23.5 Å². The van der Waals surface area contributed by atoms with Gasteiger partial charge in [0.05, 0.1) is 13.2 Å². The molecule has 0 saturated heterocycles. The van der Waals surface area contributed by atoms with Crippen LogP contribution in [-0.4, -0.2) is 30.3 Å². The molecular weight excluding hydrogens is 380 g/mol. The van der Waals surface area contributed by atoms with Crippen LogP contribution in [0.3, 0.4) is 0 Å². The van der Waals surface area contributed by atoms with Crippen LogP contribution in [0.2, 0.25) is 0 Å². The number of aliphatic hydroxyl groups is 1. The lowest BCUT2D eigenvalue weighted by Gasteiger charge is -2.42. The van der Waals surface area contributed by atoms with Crippen molar-refractivity contribution in [3.63, 3.8) is 0 Å². The van der Waals surface area contributed by atoms with Gasteiger partial charge in [-0.2, -0.15) is 0 Å². The average molecular weight is 421 g/mol. The first-order valence-corrected chi connectivity index (χ1v) is 11.6. The van der Waals surface area contributed by atoms with E-state index in [1.54, 1.807) is 0 Å². The average Bonchev–Trinajstić information content (AvgIpc) is 2.95. The van der Waals surface area contributed by atoms with Gasteiger partial charge in [-0.3, -0.25) is 9.59 Å². The highest BCUT2D eigenvalue weighted by Crippen LogP contribution is 2.46. The molecule has 0 aromatic heterocycles. The number of hydrogen-bond donors (Lipinski definition) is 1. The molecule has 0 spiro atoms. The molecule has 1 saturated carbocycles. The van der Waals surface area contributed by atoms with Crippen LogP contribution < -0.4 is 0 Å². The molecule has 0 aliphatic heterocycles. The van der Waals surface area contributed by atoms with Gasteiger partial charge in [0.15, 0.2) is 0 Å². The topological polar surface area (TPSA) is 72.8 Å². The summed E-state index contributed by atoms with van der Waals surface area (Å²) in [6.07, 6.45) is 14.0. The summed E-state index contributed by atoms with van der Waals surface area (Å²) >= 11 is 0. The number of aliphatic hydroxyl groups excluding tert-OH is 1. The number of carbonyl (C=O) groups excluding carboxylic acids is 2. The zero-order valence-corrected chi connectivity index (χ0v) is 19.2. The monoisotopic (exact) mass is 420 g/mol. The van der Waals surface area contributed by atoms with Gasteiger partial charge >= 0.3 is 11.9 Å². The van der Waals surface area contributed by atoms with Crippen molar-refractivity contribution >= 4 is 11.9 Å². The third kappa shape index (κ3) is 6.97. The van der Waals surface area contributed by atoms with Gasteiger partial charge in [-0.15, -0.1) is 0 Å². The minimum absolute atomic E-state index is 0.121. The molecule has 2 aliphatic carbocycles. The summed E-state index contributed by atoms with van der Waals surface area (Å²) in [6.45, 7) is 5.89. The Labute approximate surface area is 181 Å². The van der Waals surface area contributed by atoms with Crippen LogP contribution in [0.4, 0.5) is 0 Å². The van der Waals surface area contributed by atoms with Crippen molar-refractivity contribution in [2.75, 3.05) is 7.11 Å². The van der Waals surface area contributed by atoms with Crippen LogP contribution >= 0.6 is 0 Å². The molecule has 0 radical (unpaired) electrons. The van der Waals surface area contributed by atoms with E-state index < -0.39 is 0 Å². The highest BCUT2D eigenvalue weighted by molar-refractivity contribution is 5.69. The third-order valence-electron chi connectivity index (χ3n) is 7.04. The smallest absolute Gasteiger partial charge is 0.307 e. The fraction of sp³-hybridized carbons (Fsp3) is 0.760. The predicted octanol–water partition coefficient (Wildman–Crippen LogP) is 5.47. The van der Waals surface area contributed by atoms with Crippen LogP contribution in [0.25, 0.3) is 0 Å². The maximum Gasteiger partial charge on any atom is 0.307 e. The Balaban J connectivity index is 1.90. The summed E-state index contributed by atoms with van der Waals surface area (Å²) in [7, 11) is 1.41. The quantitative estimate of drug-likeness (QED) is 0.257. The second-order valence-electron chi connectivity index (χ2n) is 9.43. The summed E-state index contributed by atoms with van der Waals surface area (Å²) in [5.41, 5.74) is 1.35. The van der Waals surface area contributed by atoms with E-state index in [0.717, 1.165) is 63.5 Å². The van der Waals surface area contributed by atoms with Gasteiger partial charge < -0.3 is 14.6 Å². The fourth-order valence-corrected chi connectivity index (χ4v) is 4.86. The molecule has 5 heteroatoms. The van der Waals surface area contributed by atoms with Gasteiger partial charge in [0.1, 0.15) is 5.76 Å². The maximum absolute atomic E-state index is 11.6. The van der Waals surface area contributed by atoms with Gasteiger partial charge in [0, 0.05) is 19.8 Å². The van der Waals surface area contributed by atoms with Crippen LogP contribution in [0.5, 0.6) is 0 Å². The first-order valence-electron chi connectivity index (χ1n) is 11.6. The fourth-order valence-electron chi connectivity index (χ4n) is 4.86. The normalized spacial score (nSPS) is 24.0. The highest BCUT2D eigenvalue weighted by Gasteiger charge is 2.39. The zero-order chi connectivity index (χ0) is 22.1. The Hall–Kier alpha value is -1.62. The molecule has 0 heterocycles. The molecule has 3 atom stereocenters. The van der Waals surface area contributed by atoms with Crippen LogP contribution in [0.1, 0.15) is 91.4 Å². The Morgan fingerprint density at radius 2 is 2.00 bits per heavy atom. The van der Waals surface area contributed by atoms with E-state index in [0.29, 0.717) is 18.3 Å². The Morgan fingerprint density at radius 1 is 1.27 bits per heavy atom. The third-order valence-corrected chi connectivity index (χ3v) is 7.04. The van der Waals surface area contributed by atoms with Crippen molar-refractivity contribution in [1.82, 2.24) is 0 Å². The summed E-state index contributed by atoms with van der Waals surface area (Å²) in [4.78, 5) is 22.8. The van der Waals surface area contributed by atoms with Gasteiger partial charge in [-0.1, -0.05) is 38.8 Å². The number of carbonyl (C=O) groups is 2. The molecule has 1 unspecified atom stereocenters. The molecule has 1 N–H and O–H groups in total. The summed E-state index contributed by atoms with van der Waals surface area (Å²) in [5, 5.41) is 10.6. The van der Waals surface area contributed by atoms with Crippen LogP contribution in [0.15, 0.2) is 23.5 Å². The van der Waals surface area contributed by atoms with Gasteiger partial charge in [0.2, 0.25) is 0 Å². The van der Waals surface area contributed by atoms with Gasteiger partial charge in [0.25, 0.3) is 0 Å². The van der Waals surface area contributed by atoms with Crippen molar-refractivity contribution in [3.8, 4) is 0 Å². The molecule has 0 aromatic rings. The first-order chi connectivity index (χ1) is 14.3. The molecule has 0 amide bonds. The summed E-state index contributed by atoms with van der Waals surface area (Å²) < 4.78 is 10.2. The second kappa shape index (κ2) is 11.7. The molecule has 0 aromatic carbocycles. The van der Waals surface area contributed by atoms with E-state index in [1.807, 2.05) is 0 Å². The van der Waals surface area contributed by atoms with E-state index in [2.05, 4.69) is 30.7 Å². The van der Waals surface area contributed by atoms with Crippen molar-refractivity contribution < 1.29 is 24.2 Å². The SMILES string of the molecule is COC(=O)CCC/C=C\CC1=C(OC(C)=O)C[C@@H](C)[C@@H]1CCCC(O)C1(C)CCC1. The van der Waals surface area contributed by atoms with E-state index in [1.165, 1.54) is 26.0 Å². The molecule has 30 heavy (non-hydrogen) atoms. The van der Waals surface area contributed by atoms with Crippen molar-refractivity contribution in [2.24, 2.45) is 17.3 Å². The lowest BCUT2D eigenvalue weighted by Crippen LogP contribution is -2.38. The number of hydrogen-bond acceptors (Lipinski definition) is 5. The van der Waals surface area contributed by atoms with E-state index in [9.17, 15) is 14.7 Å². The maximum atomic E-state index is 11.6. The number of unbranched alkanes of at least 4 members (excludes halogenated alkanes) is 1. The molecular formula is C25H40O5. The standard InChI is InChI=1S/C25H40O5/c1-18-17-22(30-19(2)26)21(11-7-5-6-8-14-24(28)29-4)20(18)12-9-13-23(27)25(3)15-10-16-25/h5,7,18,20,23,27H,6,8-17H2,1-4H3/b7-5-/t18-,20+,23?/m1/s1. The van der Waals surface area contributed by atoms with Crippen LogP contribution in [-0.2, 0) is 19.1 Å². The van der Waals surface area contributed by atoms with Crippen molar-refractivity contribution in [2.45, 2.75) is 97.5 Å². The number of allylic oxidation sites excluding steroid dienone is 4. The minimum Gasteiger partial charge on any atom is -0.469 e. The predicted molar refractivity (Wildman–Crippen MR) is 118 cm³/mol. The Kier molecular flexibility index (Phi) is 9.60.